The van der Waals surface area contributed by atoms with Gasteiger partial charge in [0.2, 0.25) is 0 Å². The summed E-state index contributed by atoms with van der Waals surface area (Å²) in [6, 6.07) is 4.95. The predicted octanol–water partition coefficient (Wildman–Crippen LogP) is 3.14. The molecule has 1 atom stereocenters. The fraction of sp³-hybridized carbons (Fsp3) is 0.318. The van der Waals surface area contributed by atoms with Crippen LogP contribution in [0.2, 0.25) is 0 Å². The Balaban J connectivity index is 1.86. The van der Waals surface area contributed by atoms with E-state index in [4.69, 9.17) is 15.2 Å². The average molecular weight is 394 g/mol. The predicted molar refractivity (Wildman–Crippen MR) is 115 cm³/mol. The number of nitrogen functional groups attached to an aromatic ring is 1. The third kappa shape index (κ3) is 4.70. The molecule has 152 valence electrons. The van der Waals surface area contributed by atoms with E-state index in [0.717, 1.165) is 22.0 Å². The number of aromatic nitrogens is 1. The molecule has 3 rings (SSSR count). The number of benzene rings is 1. The van der Waals surface area contributed by atoms with Crippen molar-refractivity contribution in [2.45, 2.75) is 33.1 Å². The molecule has 2 aromatic rings. The molecule has 1 aliphatic rings. The summed E-state index contributed by atoms with van der Waals surface area (Å²) in [5.41, 5.74) is 10.5. The summed E-state index contributed by atoms with van der Waals surface area (Å²) in [6.07, 6.45) is 1.60. The Kier molecular flexibility index (Phi) is 6.41. The van der Waals surface area contributed by atoms with E-state index in [1.54, 1.807) is 25.3 Å². The van der Waals surface area contributed by atoms with Gasteiger partial charge in [-0.3, -0.25) is 9.79 Å². The van der Waals surface area contributed by atoms with Crippen LogP contribution in [-0.4, -0.2) is 36.4 Å². The number of amides is 1. The first-order valence-corrected chi connectivity index (χ1v) is 9.46. The molecule has 29 heavy (non-hydrogen) atoms. The van der Waals surface area contributed by atoms with E-state index in [2.05, 4.69) is 28.5 Å². The Morgan fingerprint density at radius 2 is 2.17 bits per heavy atom. The number of allylic oxidation sites excluding steroid dienone is 1. The van der Waals surface area contributed by atoms with Gasteiger partial charge < -0.3 is 20.5 Å². The van der Waals surface area contributed by atoms with E-state index in [-0.39, 0.29) is 5.91 Å². The zero-order valence-electron chi connectivity index (χ0n) is 16.8. The minimum Gasteiger partial charge on any atom is -0.383 e. The molecule has 0 bridgehead atoms. The number of hydrogen-bond donors (Lipinski definition) is 2. The summed E-state index contributed by atoms with van der Waals surface area (Å²) in [5.74, 6) is 0.248. The molecular weight excluding hydrogens is 368 g/mol. The Bertz CT molecular complexity index is 997. The lowest BCUT2D eigenvalue weighted by Gasteiger charge is -2.19. The number of rotatable bonds is 8. The zero-order chi connectivity index (χ0) is 21.0. The van der Waals surface area contributed by atoms with Gasteiger partial charge in [-0.15, -0.1) is 0 Å². The number of hydrogen-bond acceptors (Lipinski definition) is 6. The molecule has 1 amide bonds. The minimum absolute atomic E-state index is 0.231. The van der Waals surface area contributed by atoms with Crippen LogP contribution in [0.4, 0.5) is 5.82 Å². The van der Waals surface area contributed by atoms with E-state index in [1.165, 1.54) is 0 Å². The lowest BCUT2D eigenvalue weighted by molar-refractivity contribution is 0.0886. The normalized spacial score (nSPS) is 14.1. The molecule has 1 aliphatic heterocycles. The first-order valence-electron chi connectivity index (χ1n) is 9.46. The molecule has 0 aliphatic carbocycles. The second-order valence-electron chi connectivity index (χ2n) is 6.93. The number of pyridine rings is 1. The highest BCUT2D eigenvalue weighted by Gasteiger charge is 2.21. The summed E-state index contributed by atoms with van der Waals surface area (Å²) in [4.78, 5) is 21.5. The first kappa shape index (κ1) is 20.7. The number of carbonyl (C=O) groups is 1. The number of nitrogens with zero attached hydrogens (tertiary/aromatic N) is 2. The van der Waals surface area contributed by atoms with E-state index in [0.29, 0.717) is 49.1 Å². The summed E-state index contributed by atoms with van der Waals surface area (Å²) >= 11 is 0. The maximum atomic E-state index is 12.9. The molecule has 0 radical (unpaired) electrons. The second-order valence-corrected chi connectivity index (χ2v) is 6.93. The molecule has 7 heteroatoms. The SMILES string of the molecule is C=C(C)N=CC(=C)C(COCC)NC(=O)c1ccc2nc(N)c3c(c2c1)COC3. The van der Waals surface area contributed by atoms with Gasteiger partial charge >= 0.3 is 0 Å². The van der Waals surface area contributed by atoms with Gasteiger partial charge in [-0.2, -0.15) is 0 Å². The van der Waals surface area contributed by atoms with Gasteiger partial charge in [0.05, 0.1) is 31.4 Å². The van der Waals surface area contributed by atoms with Gasteiger partial charge in [0.15, 0.2) is 0 Å². The number of nitrogens with one attached hydrogen (secondary N) is 1. The van der Waals surface area contributed by atoms with Crippen LogP contribution in [0, 0.1) is 0 Å². The van der Waals surface area contributed by atoms with Crippen LogP contribution >= 0.6 is 0 Å². The van der Waals surface area contributed by atoms with Crippen LogP contribution in [0.3, 0.4) is 0 Å². The van der Waals surface area contributed by atoms with Gasteiger partial charge in [-0.25, -0.2) is 4.98 Å². The maximum absolute atomic E-state index is 12.9. The molecule has 1 aromatic carbocycles. The number of aliphatic imine (C=N–C) groups is 1. The maximum Gasteiger partial charge on any atom is 0.251 e. The molecule has 7 nitrogen and oxygen atoms in total. The third-order valence-corrected chi connectivity index (χ3v) is 4.68. The monoisotopic (exact) mass is 394 g/mol. The zero-order valence-corrected chi connectivity index (χ0v) is 16.8. The number of ether oxygens (including phenoxy) is 2. The lowest BCUT2D eigenvalue weighted by atomic mass is 10.0. The van der Waals surface area contributed by atoms with Crippen molar-refractivity contribution in [3.8, 4) is 0 Å². The molecule has 0 saturated carbocycles. The molecule has 0 spiro atoms. The largest absolute Gasteiger partial charge is 0.383 e. The van der Waals surface area contributed by atoms with Crippen molar-refractivity contribution in [1.29, 1.82) is 0 Å². The number of anilines is 1. The lowest BCUT2D eigenvalue weighted by Crippen LogP contribution is -2.40. The van der Waals surface area contributed by atoms with E-state index >= 15 is 0 Å². The standard InChI is InChI=1S/C22H26N4O3/c1-5-28-12-20(14(4)9-24-13(2)3)26-22(27)15-6-7-19-16(8-15)17-10-29-11-18(17)21(23)25-19/h6-9,20H,2,4-5,10-12H2,1,3H3,(H2,23,25)(H,26,27). The van der Waals surface area contributed by atoms with Gasteiger partial charge in [-0.1, -0.05) is 13.2 Å². The van der Waals surface area contributed by atoms with Gasteiger partial charge in [0.1, 0.15) is 5.82 Å². The quantitative estimate of drug-likeness (QED) is 0.670. The molecule has 3 N–H and O–H groups in total. The molecule has 1 unspecified atom stereocenters. The van der Waals surface area contributed by atoms with Gasteiger partial charge in [0.25, 0.3) is 5.91 Å². The van der Waals surface area contributed by atoms with Crippen LogP contribution in [0.15, 0.2) is 47.6 Å². The van der Waals surface area contributed by atoms with Crippen molar-refractivity contribution in [1.82, 2.24) is 10.3 Å². The Hall–Kier alpha value is -3.03. The van der Waals surface area contributed by atoms with Gasteiger partial charge in [0, 0.05) is 35.0 Å². The molecule has 0 saturated heterocycles. The first-order chi connectivity index (χ1) is 13.9. The Morgan fingerprint density at radius 1 is 1.41 bits per heavy atom. The summed E-state index contributed by atoms with van der Waals surface area (Å²) in [5, 5.41) is 3.85. The topological polar surface area (TPSA) is 98.8 Å². The highest BCUT2D eigenvalue weighted by Crippen LogP contribution is 2.31. The van der Waals surface area contributed by atoms with Crippen molar-refractivity contribution in [3.05, 3.63) is 59.3 Å². The van der Waals surface area contributed by atoms with Crippen LogP contribution in [-0.2, 0) is 22.7 Å². The van der Waals surface area contributed by atoms with Gasteiger partial charge in [-0.05, 0) is 43.2 Å². The molecule has 0 fully saturated rings. The summed E-state index contributed by atoms with van der Waals surface area (Å²) < 4.78 is 11.0. The number of nitrogens with two attached hydrogens (primary N) is 1. The van der Waals surface area contributed by atoms with E-state index in [9.17, 15) is 4.79 Å². The fourth-order valence-corrected chi connectivity index (χ4v) is 3.11. The average Bonchev–Trinajstić information content (AvgIpc) is 3.20. The third-order valence-electron chi connectivity index (χ3n) is 4.68. The van der Waals surface area contributed by atoms with E-state index < -0.39 is 6.04 Å². The van der Waals surface area contributed by atoms with Crippen molar-refractivity contribution in [3.63, 3.8) is 0 Å². The van der Waals surface area contributed by atoms with Crippen LogP contribution in [0.25, 0.3) is 10.9 Å². The fourth-order valence-electron chi connectivity index (χ4n) is 3.11. The van der Waals surface area contributed by atoms with Crippen molar-refractivity contribution >= 4 is 28.8 Å². The Labute approximate surface area is 170 Å². The Morgan fingerprint density at radius 3 is 2.90 bits per heavy atom. The number of fused-ring (bicyclic) bond motifs is 3. The minimum atomic E-state index is -0.403. The van der Waals surface area contributed by atoms with E-state index in [1.807, 2.05) is 13.0 Å². The summed E-state index contributed by atoms with van der Waals surface area (Å²) in [7, 11) is 0. The van der Waals surface area contributed by atoms with Crippen molar-refractivity contribution in [2.24, 2.45) is 4.99 Å². The molecular formula is C22H26N4O3. The highest BCUT2D eigenvalue weighted by atomic mass is 16.5. The van der Waals surface area contributed by atoms with Crippen LogP contribution in [0.1, 0.15) is 35.3 Å². The smallest absolute Gasteiger partial charge is 0.251 e. The second kappa shape index (κ2) is 8.98. The van der Waals surface area contributed by atoms with Crippen molar-refractivity contribution < 1.29 is 14.3 Å². The van der Waals surface area contributed by atoms with Crippen LogP contribution in [0.5, 0.6) is 0 Å². The summed E-state index contributed by atoms with van der Waals surface area (Å²) in [6.45, 7) is 13.2. The number of carbonyl (C=O) groups excluding carboxylic acids is 1. The molecule has 1 aromatic heterocycles. The molecule has 2 heterocycles. The van der Waals surface area contributed by atoms with Crippen LogP contribution < -0.4 is 11.1 Å². The van der Waals surface area contributed by atoms with Crippen molar-refractivity contribution in [2.75, 3.05) is 18.9 Å². The highest BCUT2D eigenvalue weighted by molar-refractivity contribution is 6.00.